The number of nitrogens with zero attached hydrogens (tertiary/aromatic N) is 1. The van der Waals surface area contributed by atoms with E-state index in [1.807, 2.05) is 0 Å². The highest BCUT2D eigenvalue weighted by atomic mass is 19.4. The molecule has 1 fully saturated rings. The number of carbonyl (C=O) groups is 1. The van der Waals surface area contributed by atoms with Crippen LogP contribution in [-0.4, -0.2) is 48.4 Å². The van der Waals surface area contributed by atoms with Crippen molar-refractivity contribution in [3.8, 4) is 0 Å². The average Bonchev–Trinajstić information content (AvgIpc) is 2.23. The third-order valence-electron chi connectivity index (χ3n) is 2.69. The first-order valence-electron chi connectivity index (χ1n) is 6.35. The van der Waals surface area contributed by atoms with E-state index >= 15 is 0 Å². The normalized spacial score (nSPS) is 21.1. The molecule has 4 nitrogen and oxygen atoms in total. The van der Waals surface area contributed by atoms with Crippen molar-refractivity contribution < 1.29 is 22.7 Å². The summed E-state index contributed by atoms with van der Waals surface area (Å²) in [6.07, 6.45) is -4.02. The van der Waals surface area contributed by atoms with Crippen LogP contribution < -0.4 is 5.32 Å². The molecule has 1 amide bonds. The Kier molecular flexibility index (Phi) is 5.06. The van der Waals surface area contributed by atoms with Crippen LogP contribution in [0.25, 0.3) is 0 Å². The van der Waals surface area contributed by atoms with Crippen molar-refractivity contribution in [2.24, 2.45) is 0 Å². The lowest BCUT2D eigenvalue weighted by Crippen LogP contribution is -2.53. The third-order valence-corrected chi connectivity index (χ3v) is 2.69. The maximum Gasteiger partial charge on any atom is 0.410 e. The summed E-state index contributed by atoms with van der Waals surface area (Å²) < 4.78 is 42.8. The predicted octanol–water partition coefficient (Wildman–Crippen LogP) is 2.54. The fraction of sp³-hybridized carbons (Fsp3) is 0.917. The molecule has 0 aromatic heterocycles. The zero-order valence-corrected chi connectivity index (χ0v) is 11.5. The zero-order valence-electron chi connectivity index (χ0n) is 11.5. The van der Waals surface area contributed by atoms with Gasteiger partial charge < -0.3 is 10.1 Å². The van der Waals surface area contributed by atoms with Crippen molar-refractivity contribution in [2.45, 2.75) is 51.4 Å². The smallest absolute Gasteiger partial charge is 0.410 e. The van der Waals surface area contributed by atoms with E-state index in [2.05, 4.69) is 5.32 Å². The van der Waals surface area contributed by atoms with Gasteiger partial charge in [0.25, 0.3) is 0 Å². The molecule has 1 aliphatic rings. The van der Waals surface area contributed by atoms with E-state index < -0.39 is 30.5 Å². The number of alkyl halides is 3. The first-order chi connectivity index (χ1) is 8.58. The molecule has 0 aliphatic carbocycles. The van der Waals surface area contributed by atoms with Crippen LogP contribution in [-0.2, 0) is 4.74 Å². The fourth-order valence-corrected chi connectivity index (χ4v) is 1.96. The summed E-state index contributed by atoms with van der Waals surface area (Å²) in [5, 5.41) is 3.00. The molecule has 1 rings (SSSR count). The van der Waals surface area contributed by atoms with Gasteiger partial charge in [-0.25, -0.2) is 4.79 Å². The molecule has 19 heavy (non-hydrogen) atoms. The Labute approximate surface area is 111 Å². The molecule has 0 spiro atoms. The van der Waals surface area contributed by atoms with Crippen LogP contribution in [0.3, 0.4) is 0 Å². The molecule has 0 saturated carbocycles. The van der Waals surface area contributed by atoms with Gasteiger partial charge in [-0.05, 0) is 40.2 Å². The summed E-state index contributed by atoms with van der Waals surface area (Å²) in [6, 6.07) is -0.467. The van der Waals surface area contributed by atoms with Crippen LogP contribution in [0.1, 0.15) is 33.6 Å². The number of hydrogen-bond donors (Lipinski definition) is 1. The van der Waals surface area contributed by atoms with Crippen LogP contribution in [0.2, 0.25) is 0 Å². The minimum atomic E-state index is -4.42. The Bertz CT molecular complexity index is 307. The zero-order chi connectivity index (χ0) is 14.7. The highest BCUT2D eigenvalue weighted by Gasteiger charge is 2.38. The fourth-order valence-electron chi connectivity index (χ4n) is 1.96. The van der Waals surface area contributed by atoms with E-state index in [-0.39, 0.29) is 0 Å². The number of rotatable bonds is 2. The summed E-state index contributed by atoms with van der Waals surface area (Å²) in [5.74, 6) is 0. The minimum absolute atomic E-state index is 0.370. The topological polar surface area (TPSA) is 41.6 Å². The van der Waals surface area contributed by atoms with Crippen molar-refractivity contribution >= 4 is 6.09 Å². The summed E-state index contributed by atoms with van der Waals surface area (Å²) in [5.41, 5.74) is -0.803. The summed E-state index contributed by atoms with van der Waals surface area (Å²) >= 11 is 0. The van der Waals surface area contributed by atoms with Crippen molar-refractivity contribution in [3.05, 3.63) is 0 Å². The Morgan fingerprint density at radius 2 is 2.00 bits per heavy atom. The molecule has 0 aromatic carbocycles. The van der Waals surface area contributed by atoms with Gasteiger partial charge in [-0.1, -0.05) is 0 Å². The number of carbonyl (C=O) groups excluding carboxylic acids is 1. The summed E-state index contributed by atoms with van der Waals surface area (Å²) in [6.45, 7) is 4.77. The standard InChI is InChI=1S/C12H21F3N2O2/c1-11(2,3)19-10(18)17(8-12(13,14)15)9-5-4-6-16-7-9/h9,16H,4-8H2,1-3H3. The lowest BCUT2D eigenvalue weighted by atomic mass is 10.1. The molecule has 1 aliphatic heterocycles. The Balaban J connectivity index is 2.76. The van der Waals surface area contributed by atoms with E-state index in [4.69, 9.17) is 4.74 Å². The SMILES string of the molecule is CC(C)(C)OC(=O)N(CC(F)(F)F)C1CCCNC1. The number of piperidine rings is 1. The van der Waals surface area contributed by atoms with E-state index in [1.165, 1.54) is 0 Å². The second-order valence-electron chi connectivity index (χ2n) is 5.72. The van der Waals surface area contributed by atoms with Crippen LogP contribution >= 0.6 is 0 Å². The van der Waals surface area contributed by atoms with Crippen molar-refractivity contribution in [1.29, 1.82) is 0 Å². The van der Waals surface area contributed by atoms with Crippen LogP contribution in [0.5, 0.6) is 0 Å². The first kappa shape index (κ1) is 16.1. The Morgan fingerprint density at radius 1 is 1.37 bits per heavy atom. The predicted molar refractivity (Wildman–Crippen MR) is 64.9 cm³/mol. The van der Waals surface area contributed by atoms with Gasteiger partial charge in [0, 0.05) is 12.6 Å². The molecule has 7 heteroatoms. The molecule has 1 atom stereocenters. The number of amides is 1. The molecule has 1 N–H and O–H groups in total. The molecule has 0 aromatic rings. The van der Waals surface area contributed by atoms with Gasteiger partial charge in [-0.15, -0.1) is 0 Å². The van der Waals surface area contributed by atoms with Crippen LogP contribution in [0, 0.1) is 0 Å². The third kappa shape index (κ3) is 6.13. The Hall–Kier alpha value is -0.980. The number of ether oxygens (including phenoxy) is 1. The molecule has 0 radical (unpaired) electrons. The van der Waals surface area contributed by atoms with Gasteiger partial charge in [0.05, 0.1) is 0 Å². The van der Waals surface area contributed by atoms with Gasteiger partial charge in [0.1, 0.15) is 12.1 Å². The molecular weight excluding hydrogens is 261 g/mol. The first-order valence-corrected chi connectivity index (χ1v) is 6.35. The maximum atomic E-state index is 12.6. The molecule has 1 unspecified atom stereocenters. The minimum Gasteiger partial charge on any atom is -0.444 e. The van der Waals surface area contributed by atoms with Crippen molar-refractivity contribution in [3.63, 3.8) is 0 Å². The molecule has 0 bridgehead atoms. The number of nitrogens with one attached hydrogen (secondary N) is 1. The summed E-state index contributed by atoms with van der Waals surface area (Å²) in [4.78, 5) is 12.7. The van der Waals surface area contributed by atoms with Crippen molar-refractivity contribution in [1.82, 2.24) is 10.2 Å². The van der Waals surface area contributed by atoms with Gasteiger partial charge in [-0.3, -0.25) is 4.90 Å². The molecule has 1 heterocycles. The van der Waals surface area contributed by atoms with E-state index in [0.717, 1.165) is 17.9 Å². The van der Waals surface area contributed by atoms with Crippen LogP contribution in [0.4, 0.5) is 18.0 Å². The van der Waals surface area contributed by atoms with Gasteiger partial charge in [-0.2, -0.15) is 13.2 Å². The van der Waals surface area contributed by atoms with E-state index in [0.29, 0.717) is 13.0 Å². The maximum absolute atomic E-state index is 12.6. The highest BCUT2D eigenvalue weighted by molar-refractivity contribution is 5.68. The Morgan fingerprint density at radius 3 is 2.42 bits per heavy atom. The van der Waals surface area contributed by atoms with Gasteiger partial charge in [0.2, 0.25) is 0 Å². The average molecular weight is 282 g/mol. The quantitative estimate of drug-likeness (QED) is 0.846. The molecule has 112 valence electrons. The largest absolute Gasteiger partial charge is 0.444 e. The lowest BCUT2D eigenvalue weighted by molar-refractivity contribution is -0.149. The van der Waals surface area contributed by atoms with E-state index in [9.17, 15) is 18.0 Å². The van der Waals surface area contributed by atoms with Crippen LogP contribution in [0.15, 0.2) is 0 Å². The summed E-state index contributed by atoms with van der Waals surface area (Å²) in [7, 11) is 0. The van der Waals surface area contributed by atoms with Crippen molar-refractivity contribution in [2.75, 3.05) is 19.6 Å². The second-order valence-corrected chi connectivity index (χ2v) is 5.72. The number of halogens is 3. The van der Waals surface area contributed by atoms with Gasteiger partial charge in [0.15, 0.2) is 0 Å². The van der Waals surface area contributed by atoms with E-state index in [1.54, 1.807) is 20.8 Å². The highest BCUT2D eigenvalue weighted by Crippen LogP contribution is 2.22. The monoisotopic (exact) mass is 282 g/mol. The molecule has 1 saturated heterocycles. The molecular formula is C12H21F3N2O2. The number of hydrogen-bond acceptors (Lipinski definition) is 3. The lowest BCUT2D eigenvalue weighted by Gasteiger charge is -2.36. The van der Waals surface area contributed by atoms with Gasteiger partial charge >= 0.3 is 12.3 Å². The second kappa shape index (κ2) is 5.98.